The molecular formula is C15H22O5. The number of hydrogen-bond donors (Lipinski definition) is 3. The van der Waals surface area contributed by atoms with Gasteiger partial charge < -0.3 is 20.1 Å². The first kappa shape index (κ1) is 14.0. The van der Waals surface area contributed by atoms with E-state index in [-0.39, 0.29) is 5.57 Å². The molecule has 0 aromatic heterocycles. The van der Waals surface area contributed by atoms with Crippen LogP contribution < -0.4 is 0 Å². The van der Waals surface area contributed by atoms with Gasteiger partial charge in [0.15, 0.2) is 0 Å². The second-order valence-corrected chi connectivity index (χ2v) is 7.09. The van der Waals surface area contributed by atoms with E-state index in [2.05, 4.69) is 6.58 Å². The summed E-state index contributed by atoms with van der Waals surface area (Å²) in [5.74, 6) is -1.37. The van der Waals surface area contributed by atoms with Crippen molar-refractivity contribution in [2.24, 2.45) is 17.3 Å². The van der Waals surface area contributed by atoms with Crippen LogP contribution in [-0.4, -0.2) is 45.2 Å². The Kier molecular flexibility index (Phi) is 2.85. The van der Waals surface area contributed by atoms with Gasteiger partial charge in [-0.05, 0) is 26.2 Å². The van der Waals surface area contributed by atoms with E-state index in [1.54, 1.807) is 6.92 Å². The van der Waals surface area contributed by atoms with E-state index in [0.29, 0.717) is 19.3 Å². The number of aliphatic hydroxyl groups is 3. The standard InChI is InChI=1S/C15H22O5/c1-7-10-8(16)6-14(2)9(17)4-5-15(3,19)12(14)11(10)20-13(7)18/h8-12,16-17,19H,1,4-6H2,2-3H3. The van der Waals surface area contributed by atoms with Gasteiger partial charge in [-0.3, -0.25) is 0 Å². The van der Waals surface area contributed by atoms with E-state index >= 15 is 0 Å². The minimum atomic E-state index is -1.03. The number of ether oxygens (including phenoxy) is 1. The highest BCUT2D eigenvalue weighted by Crippen LogP contribution is 2.58. The second-order valence-electron chi connectivity index (χ2n) is 7.09. The number of carbonyl (C=O) groups is 1. The molecule has 0 aromatic rings. The van der Waals surface area contributed by atoms with Crippen LogP contribution in [0.25, 0.3) is 0 Å². The Morgan fingerprint density at radius 1 is 1.35 bits per heavy atom. The fourth-order valence-corrected chi connectivity index (χ4v) is 4.74. The molecule has 1 saturated heterocycles. The zero-order valence-corrected chi connectivity index (χ0v) is 11.9. The summed E-state index contributed by atoms with van der Waals surface area (Å²) in [6.07, 6.45) is -0.712. The highest BCUT2D eigenvalue weighted by atomic mass is 16.6. The fraction of sp³-hybridized carbons (Fsp3) is 0.800. The molecular weight excluding hydrogens is 260 g/mol. The maximum Gasteiger partial charge on any atom is 0.334 e. The summed E-state index contributed by atoms with van der Waals surface area (Å²) in [5, 5.41) is 31.5. The summed E-state index contributed by atoms with van der Waals surface area (Å²) in [6, 6.07) is 0. The third kappa shape index (κ3) is 1.63. The predicted molar refractivity (Wildman–Crippen MR) is 70.6 cm³/mol. The van der Waals surface area contributed by atoms with Crippen molar-refractivity contribution < 1.29 is 24.9 Å². The van der Waals surface area contributed by atoms with Gasteiger partial charge in [0.25, 0.3) is 0 Å². The summed E-state index contributed by atoms with van der Waals surface area (Å²) in [4.78, 5) is 11.8. The van der Waals surface area contributed by atoms with Crippen molar-refractivity contribution in [2.45, 2.75) is 57.0 Å². The Bertz CT molecular complexity index is 471. The molecule has 3 rings (SSSR count). The van der Waals surface area contributed by atoms with Crippen molar-refractivity contribution in [3.63, 3.8) is 0 Å². The quantitative estimate of drug-likeness (QED) is 0.441. The van der Waals surface area contributed by atoms with E-state index in [1.807, 2.05) is 6.92 Å². The Balaban J connectivity index is 2.08. The van der Waals surface area contributed by atoms with Gasteiger partial charge in [0, 0.05) is 16.9 Å². The van der Waals surface area contributed by atoms with E-state index in [1.165, 1.54) is 0 Å². The average Bonchev–Trinajstić information content (AvgIpc) is 2.60. The summed E-state index contributed by atoms with van der Waals surface area (Å²) < 4.78 is 5.40. The summed E-state index contributed by atoms with van der Waals surface area (Å²) in [7, 11) is 0. The van der Waals surface area contributed by atoms with Crippen molar-refractivity contribution in [1.29, 1.82) is 0 Å². The Labute approximate surface area is 118 Å². The zero-order valence-electron chi connectivity index (χ0n) is 11.9. The van der Waals surface area contributed by atoms with E-state index in [0.717, 1.165) is 0 Å². The maximum absolute atomic E-state index is 11.8. The van der Waals surface area contributed by atoms with Crippen molar-refractivity contribution >= 4 is 5.97 Å². The van der Waals surface area contributed by atoms with Gasteiger partial charge >= 0.3 is 5.97 Å². The summed E-state index contributed by atoms with van der Waals surface area (Å²) in [5.41, 5.74) is -1.41. The second kappa shape index (κ2) is 4.06. The molecule has 3 fully saturated rings. The van der Waals surface area contributed by atoms with E-state index < -0.39 is 47.1 Å². The first-order chi connectivity index (χ1) is 9.18. The number of fused-ring (bicyclic) bond motifs is 3. The van der Waals surface area contributed by atoms with Crippen LogP contribution in [0.3, 0.4) is 0 Å². The lowest BCUT2D eigenvalue weighted by molar-refractivity contribution is -0.228. The number of rotatable bonds is 0. The molecule has 7 unspecified atom stereocenters. The molecule has 20 heavy (non-hydrogen) atoms. The van der Waals surface area contributed by atoms with E-state index in [4.69, 9.17) is 4.74 Å². The molecule has 3 aliphatic rings. The monoisotopic (exact) mass is 282 g/mol. The molecule has 1 aliphatic heterocycles. The molecule has 1 heterocycles. The van der Waals surface area contributed by atoms with Crippen LogP contribution in [0.5, 0.6) is 0 Å². The van der Waals surface area contributed by atoms with Crippen LogP contribution >= 0.6 is 0 Å². The number of esters is 1. The maximum atomic E-state index is 11.8. The van der Waals surface area contributed by atoms with Crippen LogP contribution in [0.15, 0.2) is 12.2 Å². The molecule has 0 bridgehead atoms. The van der Waals surface area contributed by atoms with Gasteiger partial charge in [-0.2, -0.15) is 0 Å². The minimum Gasteiger partial charge on any atom is -0.458 e. The molecule has 112 valence electrons. The molecule has 2 saturated carbocycles. The largest absolute Gasteiger partial charge is 0.458 e. The van der Waals surface area contributed by atoms with Gasteiger partial charge in [-0.25, -0.2) is 4.79 Å². The number of hydrogen-bond acceptors (Lipinski definition) is 5. The van der Waals surface area contributed by atoms with Gasteiger partial charge in [-0.15, -0.1) is 0 Å². The molecule has 0 spiro atoms. The van der Waals surface area contributed by atoms with Crippen molar-refractivity contribution in [3.05, 3.63) is 12.2 Å². The molecule has 3 N–H and O–H groups in total. The first-order valence-corrected chi connectivity index (χ1v) is 7.17. The topological polar surface area (TPSA) is 87.0 Å². The van der Waals surface area contributed by atoms with Gasteiger partial charge in [0.2, 0.25) is 0 Å². The number of aliphatic hydroxyl groups excluding tert-OH is 2. The SMILES string of the molecule is C=C1C(=O)OC2C1C(O)CC1(C)C(O)CCC(C)(O)C21. The first-order valence-electron chi connectivity index (χ1n) is 7.17. The van der Waals surface area contributed by atoms with E-state index in [9.17, 15) is 20.1 Å². The summed E-state index contributed by atoms with van der Waals surface area (Å²) in [6.45, 7) is 7.31. The fourth-order valence-electron chi connectivity index (χ4n) is 4.74. The lowest BCUT2D eigenvalue weighted by Gasteiger charge is -2.58. The molecule has 0 radical (unpaired) electrons. The smallest absolute Gasteiger partial charge is 0.334 e. The van der Waals surface area contributed by atoms with Crippen LogP contribution in [-0.2, 0) is 9.53 Å². The van der Waals surface area contributed by atoms with Crippen LogP contribution in [0.1, 0.15) is 33.1 Å². The molecule has 7 atom stereocenters. The average molecular weight is 282 g/mol. The van der Waals surface area contributed by atoms with Gasteiger partial charge in [0.1, 0.15) is 6.10 Å². The van der Waals surface area contributed by atoms with Crippen LogP contribution in [0, 0.1) is 17.3 Å². The zero-order chi connectivity index (χ0) is 14.9. The normalized spacial score (nSPS) is 55.1. The molecule has 5 heteroatoms. The number of carbonyl (C=O) groups excluding carboxylic acids is 1. The molecule has 2 aliphatic carbocycles. The lowest BCUT2D eigenvalue weighted by Crippen LogP contribution is -2.65. The minimum absolute atomic E-state index is 0.278. The lowest BCUT2D eigenvalue weighted by atomic mass is 9.50. The highest BCUT2D eigenvalue weighted by molar-refractivity contribution is 5.91. The molecule has 5 nitrogen and oxygen atoms in total. The van der Waals surface area contributed by atoms with Gasteiger partial charge in [0.05, 0.1) is 23.7 Å². The van der Waals surface area contributed by atoms with Crippen LogP contribution in [0.2, 0.25) is 0 Å². The summed E-state index contributed by atoms with van der Waals surface area (Å²) >= 11 is 0. The Morgan fingerprint density at radius 3 is 2.65 bits per heavy atom. The third-order valence-corrected chi connectivity index (χ3v) is 5.72. The molecule has 0 aromatic carbocycles. The molecule has 0 amide bonds. The highest BCUT2D eigenvalue weighted by Gasteiger charge is 2.65. The van der Waals surface area contributed by atoms with Crippen molar-refractivity contribution in [2.75, 3.05) is 0 Å². The Hall–Kier alpha value is -0.910. The third-order valence-electron chi connectivity index (χ3n) is 5.72. The van der Waals surface area contributed by atoms with Crippen molar-refractivity contribution in [1.82, 2.24) is 0 Å². The van der Waals surface area contributed by atoms with Crippen LogP contribution in [0.4, 0.5) is 0 Å². The van der Waals surface area contributed by atoms with Crippen molar-refractivity contribution in [3.8, 4) is 0 Å². The van der Waals surface area contributed by atoms with Gasteiger partial charge in [-0.1, -0.05) is 13.5 Å². The Morgan fingerprint density at radius 2 is 2.00 bits per heavy atom. The predicted octanol–water partition coefficient (Wildman–Crippen LogP) is 0.377.